The topological polar surface area (TPSA) is 62.2 Å². The molecule has 1 aromatic rings. The van der Waals surface area contributed by atoms with Gasteiger partial charge in [-0.05, 0) is 24.6 Å². The summed E-state index contributed by atoms with van der Waals surface area (Å²) in [6.07, 6.45) is -2.95. The van der Waals surface area contributed by atoms with Crippen molar-refractivity contribution in [3.8, 4) is 5.75 Å². The molecule has 2 aliphatic heterocycles. The van der Waals surface area contributed by atoms with E-state index in [2.05, 4.69) is 5.18 Å². The lowest BCUT2D eigenvalue weighted by Crippen LogP contribution is -2.67. The van der Waals surface area contributed by atoms with Gasteiger partial charge in [-0.15, -0.1) is 0 Å². The Morgan fingerprint density at radius 2 is 2.00 bits per heavy atom. The summed E-state index contributed by atoms with van der Waals surface area (Å²) in [6, 6.07) is 2.83. The van der Waals surface area contributed by atoms with Crippen molar-refractivity contribution in [3.05, 3.63) is 33.7 Å². The van der Waals surface area contributed by atoms with Gasteiger partial charge < -0.3 is 14.5 Å². The number of urea groups is 1. The number of carbonyl (C=O) groups is 1. The van der Waals surface area contributed by atoms with Gasteiger partial charge in [0.05, 0.1) is 30.3 Å². The highest BCUT2D eigenvalue weighted by Gasteiger charge is 2.48. The van der Waals surface area contributed by atoms with E-state index < -0.39 is 17.3 Å². The molecule has 1 aromatic carbocycles. The Morgan fingerprint density at radius 1 is 1.32 bits per heavy atom. The number of benzene rings is 1. The van der Waals surface area contributed by atoms with Gasteiger partial charge in [-0.3, -0.25) is 0 Å². The van der Waals surface area contributed by atoms with Gasteiger partial charge in [0.1, 0.15) is 11.3 Å². The van der Waals surface area contributed by atoms with Crippen LogP contribution in [-0.4, -0.2) is 54.2 Å². The van der Waals surface area contributed by atoms with Gasteiger partial charge in [0.2, 0.25) is 0 Å². The second kappa shape index (κ2) is 7.77. The van der Waals surface area contributed by atoms with Gasteiger partial charge in [-0.2, -0.15) is 18.1 Å². The number of halogens is 4. The largest absolute Gasteiger partial charge is 0.492 e. The van der Waals surface area contributed by atoms with Crippen LogP contribution >= 0.6 is 11.6 Å². The van der Waals surface area contributed by atoms with Crippen LogP contribution < -0.4 is 4.74 Å². The molecule has 2 heterocycles. The summed E-state index contributed by atoms with van der Waals surface area (Å²) in [5, 5.41) is 3.09. The Kier molecular flexibility index (Phi) is 5.74. The highest BCUT2D eigenvalue weighted by Crippen LogP contribution is 2.35. The Hall–Kier alpha value is -2.03. The summed E-state index contributed by atoms with van der Waals surface area (Å²) in [4.78, 5) is 26.6. The molecule has 2 aliphatic rings. The molecular formula is C18H21ClF3N3O3. The van der Waals surface area contributed by atoms with E-state index in [0.717, 1.165) is 18.6 Å². The standard InChI is InChI=1S/C18H21ClF3N3O3/c1-2-5-17(23-27)10-25(11-17)16(26)24-7-12(8-24)9-28-15-4-3-13(6-14(15)19)18(20,21)22/h3-4,6,12H,2,5,7-11H2,1H3. The molecule has 6 nitrogen and oxygen atoms in total. The molecule has 154 valence electrons. The van der Waals surface area contributed by atoms with E-state index in [-0.39, 0.29) is 29.3 Å². The van der Waals surface area contributed by atoms with Crippen LogP contribution in [0.3, 0.4) is 0 Å². The third kappa shape index (κ3) is 4.19. The molecular weight excluding hydrogens is 399 g/mol. The first-order chi connectivity index (χ1) is 13.2. The molecule has 2 amide bonds. The lowest BCUT2D eigenvalue weighted by atomic mass is 9.86. The van der Waals surface area contributed by atoms with Crippen molar-refractivity contribution in [3.63, 3.8) is 0 Å². The third-order valence-electron chi connectivity index (χ3n) is 5.11. The third-order valence-corrected chi connectivity index (χ3v) is 5.41. The molecule has 0 radical (unpaired) electrons. The number of ether oxygens (including phenoxy) is 1. The minimum Gasteiger partial charge on any atom is -0.492 e. The van der Waals surface area contributed by atoms with Crippen molar-refractivity contribution in [2.24, 2.45) is 11.1 Å². The van der Waals surface area contributed by atoms with Crippen LogP contribution in [0.2, 0.25) is 5.02 Å². The van der Waals surface area contributed by atoms with E-state index in [4.69, 9.17) is 16.3 Å². The highest BCUT2D eigenvalue weighted by atomic mass is 35.5. The van der Waals surface area contributed by atoms with E-state index in [0.29, 0.717) is 32.6 Å². The molecule has 0 bridgehead atoms. The molecule has 0 aliphatic carbocycles. The monoisotopic (exact) mass is 419 g/mol. The predicted molar refractivity (Wildman–Crippen MR) is 97.4 cm³/mol. The zero-order valence-corrected chi connectivity index (χ0v) is 16.1. The lowest BCUT2D eigenvalue weighted by Gasteiger charge is -2.49. The molecule has 0 N–H and O–H groups in total. The van der Waals surface area contributed by atoms with Crippen molar-refractivity contribution in [2.75, 3.05) is 32.8 Å². The van der Waals surface area contributed by atoms with E-state index >= 15 is 0 Å². The van der Waals surface area contributed by atoms with Gasteiger partial charge in [0.15, 0.2) is 0 Å². The predicted octanol–water partition coefficient (Wildman–Crippen LogP) is 4.41. The molecule has 2 fully saturated rings. The van der Waals surface area contributed by atoms with E-state index in [9.17, 15) is 22.9 Å². The summed E-state index contributed by atoms with van der Waals surface area (Å²) in [5.74, 6) is 0.261. The Bertz CT molecular complexity index is 747. The van der Waals surface area contributed by atoms with E-state index in [1.165, 1.54) is 6.07 Å². The number of carbonyl (C=O) groups excluding carboxylic acids is 1. The van der Waals surface area contributed by atoms with Crippen LogP contribution in [0.4, 0.5) is 18.0 Å². The van der Waals surface area contributed by atoms with Crippen molar-refractivity contribution >= 4 is 17.6 Å². The average Bonchev–Trinajstić information content (AvgIpc) is 2.56. The summed E-state index contributed by atoms with van der Waals surface area (Å²) in [7, 11) is 0. The first-order valence-electron chi connectivity index (χ1n) is 9.05. The maximum atomic E-state index is 12.6. The Morgan fingerprint density at radius 3 is 2.54 bits per heavy atom. The Balaban J connectivity index is 1.43. The maximum Gasteiger partial charge on any atom is 0.416 e. The smallest absolute Gasteiger partial charge is 0.416 e. The second-order valence-corrected chi connectivity index (χ2v) is 7.84. The molecule has 0 aromatic heterocycles. The normalized spacial score (nSPS) is 19.0. The zero-order valence-electron chi connectivity index (χ0n) is 15.3. The van der Waals surface area contributed by atoms with Crippen LogP contribution in [0.5, 0.6) is 5.75 Å². The number of likely N-dealkylation sites (tertiary alicyclic amines) is 2. The molecule has 10 heteroatoms. The van der Waals surface area contributed by atoms with E-state index in [1.807, 2.05) is 6.92 Å². The van der Waals surface area contributed by atoms with Crippen molar-refractivity contribution < 1.29 is 22.7 Å². The number of hydrogen-bond acceptors (Lipinski definition) is 4. The fourth-order valence-electron chi connectivity index (χ4n) is 3.56. The number of nitrogens with zero attached hydrogens (tertiary/aromatic N) is 3. The molecule has 0 saturated carbocycles. The number of amides is 2. The van der Waals surface area contributed by atoms with Crippen molar-refractivity contribution in [2.45, 2.75) is 31.5 Å². The zero-order chi connectivity index (χ0) is 20.5. The Labute approximate surface area is 165 Å². The fraction of sp³-hybridized carbons (Fsp3) is 0.611. The van der Waals surface area contributed by atoms with Gasteiger partial charge >= 0.3 is 12.2 Å². The number of hydrogen-bond donors (Lipinski definition) is 0. The van der Waals surface area contributed by atoms with Crippen LogP contribution in [0.25, 0.3) is 0 Å². The number of nitroso groups, excluding NO2 is 1. The van der Waals surface area contributed by atoms with Gasteiger partial charge in [0, 0.05) is 19.0 Å². The van der Waals surface area contributed by atoms with Crippen LogP contribution in [0.15, 0.2) is 23.4 Å². The first kappa shape index (κ1) is 20.7. The molecule has 3 rings (SSSR count). The lowest BCUT2D eigenvalue weighted by molar-refractivity contribution is -0.137. The summed E-state index contributed by atoms with van der Waals surface area (Å²) >= 11 is 5.86. The fourth-order valence-corrected chi connectivity index (χ4v) is 3.79. The van der Waals surface area contributed by atoms with E-state index in [1.54, 1.807) is 9.80 Å². The average molecular weight is 420 g/mol. The second-order valence-electron chi connectivity index (χ2n) is 7.43. The van der Waals surface area contributed by atoms with Crippen LogP contribution in [0, 0.1) is 10.8 Å². The van der Waals surface area contributed by atoms with Crippen LogP contribution in [0.1, 0.15) is 25.3 Å². The van der Waals surface area contributed by atoms with Gasteiger partial charge in [-0.1, -0.05) is 30.1 Å². The SMILES string of the molecule is CCCC1(N=O)CN(C(=O)N2CC(COc3ccc(C(F)(F)F)cc3Cl)C2)C1. The molecule has 0 atom stereocenters. The molecule has 2 saturated heterocycles. The summed E-state index contributed by atoms with van der Waals surface area (Å²) in [5.41, 5.74) is -1.47. The quantitative estimate of drug-likeness (QED) is 0.641. The van der Waals surface area contributed by atoms with Crippen molar-refractivity contribution in [1.29, 1.82) is 0 Å². The minimum absolute atomic E-state index is 0.0770. The maximum absolute atomic E-state index is 12.6. The summed E-state index contributed by atoms with van der Waals surface area (Å²) < 4.78 is 43.4. The minimum atomic E-state index is -4.46. The number of rotatable bonds is 6. The molecule has 28 heavy (non-hydrogen) atoms. The van der Waals surface area contributed by atoms with Crippen LogP contribution in [-0.2, 0) is 6.18 Å². The van der Waals surface area contributed by atoms with Gasteiger partial charge in [-0.25, -0.2) is 4.79 Å². The first-order valence-corrected chi connectivity index (χ1v) is 9.43. The highest BCUT2D eigenvalue weighted by molar-refractivity contribution is 6.32. The van der Waals surface area contributed by atoms with Crippen molar-refractivity contribution in [1.82, 2.24) is 9.80 Å². The molecule has 0 unspecified atom stereocenters. The molecule has 0 spiro atoms. The number of alkyl halides is 3. The van der Waals surface area contributed by atoms with Gasteiger partial charge in [0.25, 0.3) is 0 Å². The summed E-state index contributed by atoms with van der Waals surface area (Å²) in [6.45, 7) is 3.90.